The Hall–Kier alpha value is -2.14. The van der Waals surface area contributed by atoms with Crippen molar-refractivity contribution in [3.8, 4) is 11.4 Å². The normalized spacial score (nSPS) is 10.5. The Bertz CT molecular complexity index is 557. The molecule has 0 saturated heterocycles. The summed E-state index contributed by atoms with van der Waals surface area (Å²) >= 11 is 0. The van der Waals surface area contributed by atoms with Gasteiger partial charge >= 0.3 is 0 Å². The maximum Gasteiger partial charge on any atom is 0.161 e. The lowest BCUT2D eigenvalue weighted by atomic mass is 10.2. The van der Waals surface area contributed by atoms with E-state index >= 15 is 0 Å². The Labute approximate surface area is 126 Å². The van der Waals surface area contributed by atoms with E-state index in [1.54, 1.807) is 7.11 Å². The van der Waals surface area contributed by atoms with E-state index in [1.807, 2.05) is 39.2 Å². The van der Waals surface area contributed by atoms with Gasteiger partial charge in [0.15, 0.2) is 5.82 Å². The predicted molar refractivity (Wildman–Crippen MR) is 86.7 cm³/mol. The fourth-order valence-electron chi connectivity index (χ4n) is 2.03. The minimum atomic E-state index is 0.476. The molecule has 0 radical (unpaired) electrons. The third-order valence-corrected chi connectivity index (χ3v) is 3.07. The number of nitrogens with zero attached hydrogens (tertiary/aromatic N) is 3. The third-order valence-electron chi connectivity index (χ3n) is 3.07. The zero-order valence-corrected chi connectivity index (χ0v) is 13.1. The molecule has 0 saturated carbocycles. The smallest absolute Gasteiger partial charge is 0.161 e. The van der Waals surface area contributed by atoms with Crippen LogP contribution < -0.4 is 10.2 Å². The maximum absolute atomic E-state index is 5.18. The molecule has 2 rings (SSSR count). The summed E-state index contributed by atoms with van der Waals surface area (Å²) in [6.07, 6.45) is 0. The molecule has 0 aliphatic heterocycles. The molecule has 0 aliphatic carbocycles. The van der Waals surface area contributed by atoms with Gasteiger partial charge in [0.1, 0.15) is 5.82 Å². The van der Waals surface area contributed by atoms with E-state index in [2.05, 4.69) is 32.3 Å². The highest BCUT2D eigenvalue weighted by Gasteiger charge is 2.07. The molecule has 0 fully saturated rings. The summed E-state index contributed by atoms with van der Waals surface area (Å²) in [5, 5.41) is 3.23. The molecule has 0 atom stereocenters. The van der Waals surface area contributed by atoms with Crippen LogP contribution in [0.15, 0.2) is 30.3 Å². The van der Waals surface area contributed by atoms with E-state index in [1.165, 1.54) is 0 Å². The van der Waals surface area contributed by atoms with Crippen molar-refractivity contribution in [2.75, 3.05) is 38.0 Å². The Morgan fingerprint density at radius 3 is 2.43 bits per heavy atom. The topological polar surface area (TPSA) is 50.3 Å². The van der Waals surface area contributed by atoms with Crippen molar-refractivity contribution >= 4 is 11.5 Å². The van der Waals surface area contributed by atoms with E-state index in [4.69, 9.17) is 4.74 Å². The average Bonchev–Trinajstić information content (AvgIpc) is 2.48. The van der Waals surface area contributed by atoms with Crippen LogP contribution in [0, 0.1) is 0 Å². The van der Waals surface area contributed by atoms with Gasteiger partial charge in [-0.2, -0.15) is 0 Å². The highest BCUT2D eigenvalue weighted by Crippen LogP contribution is 2.21. The van der Waals surface area contributed by atoms with Crippen molar-refractivity contribution in [1.29, 1.82) is 0 Å². The largest absolute Gasteiger partial charge is 0.378 e. The number of hydrogen-bond acceptors (Lipinski definition) is 5. The second-order valence-electron chi connectivity index (χ2n) is 4.97. The van der Waals surface area contributed by atoms with Crippen molar-refractivity contribution < 1.29 is 4.74 Å². The summed E-state index contributed by atoms with van der Waals surface area (Å²) in [6, 6.07) is 10.1. The summed E-state index contributed by atoms with van der Waals surface area (Å²) in [5.41, 5.74) is 3.02. The second kappa shape index (κ2) is 7.04. The molecule has 1 heterocycles. The first-order valence-corrected chi connectivity index (χ1v) is 7.02. The van der Waals surface area contributed by atoms with E-state index in [0.29, 0.717) is 12.4 Å². The van der Waals surface area contributed by atoms with Crippen LogP contribution >= 0.6 is 0 Å². The van der Waals surface area contributed by atoms with E-state index < -0.39 is 0 Å². The second-order valence-corrected chi connectivity index (χ2v) is 4.97. The van der Waals surface area contributed by atoms with Crippen molar-refractivity contribution in [1.82, 2.24) is 9.97 Å². The van der Waals surface area contributed by atoms with Crippen molar-refractivity contribution in [2.45, 2.75) is 13.5 Å². The highest BCUT2D eigenvalue weighted by atomic mass is 16.5. The first-order chi connectivity index (χ1) is 10.1. The zero-order valence-electron chi connectivity index (χ0n) is 13.1. The molecule has 0 unspecified atom stereocenters. The van der Waals surface area contributed by atoms with Gasteiger partial charge in [0.2, 0.25) is 0 Å². The van der Waals surface area contributed by atoms with Gasteiger partial charge < -0.3 is 15.0 Å². The molecule has 0 spiro atoms. The molecule has 0 bridgehead atoms. The van der Waals surface area contributed by atoms with Gasteiger partial charge in [0, 0.05) is 45.1 Å². The quantitative estimate of drug-likeness (QED) is 0.885. The minimum Gasteiger partial charge on any atom is -0.378 e. The van der Waals surface area contributed by atoms with Crippen LogP contribution in [0.1, 0.15) is 12.6 Å². The number of benzene rings is 1. The fraction of sp³-hybridized carbons (Fsp3) is 0.375. The molecular weight excluding hydrogens is 264 g/mol. The summed E-state index contributed by atoms with van der Waals surface area (Å²) < 4.78 is 5.18. The Balaban J connectivity index is 2.36. The minimum absolute atomic E-state index is 0.476. The van der Waals surface area contributed by atoms with Crippen LogP contribution in [0.5, 0.6) is 0 Å². The van der Waals surface area contributed by atoms with Crippen LogP contribution in [0.4, 0.5) is 11.5 Å². The molecule has 0 amide bonds. The summed E-state index contributed by atoms with van der Waals surface area (Å²) in [6.45, 7) is 3.34. The average molecular weight is 286 g/mol. The number of methoxy groups -OCH3 is 1. The van der Waals surface area contributed by atoms with Gasteiger partial charge in [0.25, 0.3) is 0 Å². The molecule has 5 nitrogen and oxygen atoms in total. The van der Waals surface area contributed by atoms with Crippen LogP contribution in [0.25, 0.3) is 11.4 Å². The lowest BCUT2D eigenvalue weighted by Crippen LogP contribution is -2.08. The predicted octanol–water partition coefficient (Wildman–Crippen LogP) is 2.79. The lowest BCUT2D eigenvalue weighted by Gasteiger charge is -2.13. The maximum atomic E-state index is 5.18. The summed E-state index contributed by atoms with van der Waals surface area (Å²) in [5.74, 6) is 1.54. The SMILES string of the molecule is CCNc1cc(COC)nc(-c2ccc(N(C)C)cc2)n1. The first kappa shape index (κ1) is 15.3. The number of nitrogens with one attached hydrogen (secondary N) is 1. The fourth-order valence-corrected chi connectivity index (χ4v) is 2.03. The van der Waals surface area contributed by atoms with E-state index in [0.717, 1.165) is 29.3 Å². The monoisotopic (exact) mass is 286 g/mol. The number of aromatic nitrogens is 2. The molecule has 0 aliphatic rings. The third kappa shape index (κ3) is 3.92. The first-order valence-electron chi connectivity index (χ1n) is 7.02. The molecule has 21 heavy (non-hydrogen) atoms. The van der Waals surface area contributed by atoms with Gasteiger partial charge in [-0.1, -0.05) is 0 Å². The van der Waals surface area contributed by atoms with Crippen LogP contribution in [-0.4, -0.2) is 37.7 Å². The van der Waals surface area contributed by atoms with Crippen LogP contribution in [-0.2, 0) is 11.3 Å². The van der Waals surface area contributed by atoms with Gasteiger partial charge in [-0.15, -0.1) is 0 Å². The number of rotatable bonds is 6. The molecular formula is C16H22N4O. The molecule has 1 aromatic carbocycles. The Morgan fingerprint density at radius 1 is 1.14 bits per heavy atom. The Morgan fingerprint density at radius 2 is 1.86 bits per heavy atom. The van der Waals surface area contributed by atoms with E-state index in [-0.39, 0.29) is 0 Å². The van der Waals surface area contributed by atoms with Gasteiger partial charge in [0.05, 0.1) is 12.3 Å². The van der Waals surface area contributed by atoms with E-state index in [9.17, 15) is 0 Å². The number of ether oxygens (including phenoxy) is 1. The molecule has 2 aromatic rings. The van der Waals surface area contributed by atoms with Crippen LogP contribution in [0.3, 0.4) is 0 Å². The standard InChI is InChI=1S/C16H22N4O/c1-5-17-15-10-13(11-21-4)18-16(19-15)12-6-8-14(9-7-12)20(2)3/h6-10H,5,11H2,1-4H3,(H,17,18,19). The summed E-state index contributed by atoms with van der Waals surface area (Å²) in [4.78, 5) is 11.2. The molecule has 1 N–H and O–H groups in total. The Kier molecular flexibility index (Phi) is 5.11. The lowest BCUT2D eigenvalue weighted by molar-refractivity contribution is 0.181. The van der Waals surface area contributed by atoms with Gasteiger partial charge in [-0.25, -0.2) is 9.97 Å². The van der Waals surface area contributed by atoms with Gasteiger partial charge in [-0.05, 0) is 31.2 Å². The van der Waals surface area contributed by atoms with Crippen molar-refractivity contribution in [3.05, 3.63) is 36.0 Å². The zero-order chi connectivity index (χ0) is 15.2. The molecule has 5 heteroatoms. The van der Waals surface area contributed by atoms with Crippen molar-refractivity contribution in [3.63, 3.8) is 0 Å². The molecule has 1 aromatic heterocycles. The van der Waals surface area contributed by atoms with Gasteiger partial charge in [-0.3, -0.25) is 0 Å². The van der Waals surface area contributed by atoms with Crippen molar-refractivity contribution in [2.24, 2.45) is 0 Å². The van der Waals surface area contributed by atoms with Crippen LogP contribution in [0.2, 0.25) is 0 Å². The number of anilines is 2. The summed E-state index contributed by atoms with van der Waals surface area (Å²) in [7, 11) is 5.71. The highest BCUT2D eigenvalue weighted by molar-refractivity contribution is 5.61. The molecule has 112 valence electrons. The number of hydrogen-bond donors (Lipinski definition) is 1.